The van der Waals surface area contributed by atoms with E-state index >= 15 is 0 Å². The van der Waals surface area contributed by atoms with Gasteiger partial charge in [-0.2, -0.15) is 8.42 Å². The fourth-order valence-corrected chi connectivity index (χ4v) is 3.79. The van der Waals surface area contributed by atoms with Gasteiger partial charge < -0.3 is 5.21 Å². The summed E-state index contributed by atoms with van der Waals surface area (Å²) in [6.07, 6.45) is 12.3. The zero-order valence-corrected chi connectivity index (χ0v) is 16.5. The van der Waals surface area contributed by atoms with Crippen LogP contribution in [0.1, 0.15) is 69.8 Å². The Bertz CT molecular complexity index is 752. The third-order valence-corrected chi connectivity index (χ3v) is 5.79. The predicted molar refractivity (Wildman–Crippen MR) is 108 cm³/mol. The Morgan fingerprint density at radius 1 is 0.889 bits per heavy atom. The Morgan fingerprint density at radius 2 is 1.41 bits per heavy atom. The minimum absolute atomic E-state index is 0.109. The smallest absolute Gasteiger partial charge is 0.358 e. The second-order valence-corrected chi connectivity index (χ2v) is 8.28. The minimum Gasteiger partial charge on any atom is -0.411 e. The molecule has 6 nitrogen and oxygen atoms in total. The van der Waals surface area contributed by atoms with Crippen molar-refractivity contribution < 1.29 is 17.9 Å². The molecule has 7 heteroatoms. The lowest BCUT2D eigenvalue weighted by Crippen LogP contribution is -2.08. The van der Waals surface area contributed by atoms with Crippen molar-refractivity contribution in [2.45, 2.75) is 69.1 Å². The van der Waals surface area contributed by atoms with E-state index in [1.807, 2.05) is 0 Å². The van der Waals surface area contributed by atoms with E-state index in [0.717, 1.165) is 55.5 Å². The fraction of sp³-hybridized carbons (Fsp3) is 0.500. The molecule has 0 heterocycles. The molecular formula is C20H28N2O4S. The third kappa shape index (κ3) is 7.17. The zero-order valence-electron chi connectivity index (χ0n) is 15.6. The number of hydrogen-bond donors (Lipinski definition) is 1. The van der Waals surface area contributed by atoms with E-state index in [1.54, 1.807) is 18.2 Å². The van der Waals surface area contributed by atoms with Crippen LogP contribution in [0.2, 0.25) is 0 Å². The maximum atomic E-state index is 11.9. The SMILES string of the molecule is C=Cc1ccc(S(=O)(=O)ON=C2CCCCC2)cc1.ON=C1CCCCC1. The minimum atomic E-state index is -3.81. The van der Waals surface area contributed by atoms with E-state index < -0.39 is 10.1 Å². The molecule has 27 heavy (non-hydrogen) atoms. The van der Waals surface area contributed by atoms with Crippen LogP contribution in [0.4, 0.5) is 0 Å². The summed E-state index contributed by atoms with van der Waals surface area (Å²) >= 11 is 0. The Morgan fingerprint density at radius 3 is 1.85 bits per heavy atom. The van der Waals surface area contributed by atoms with Gasteiger partial charge in [0.05, 0.1) is 11.4 Å². The van der Waals surface area contributed by atoms with Crippen LogP contribution < -0.4 is 0 Å². The van der Waals surface area contributed by atoms with Gasteiger partial charge in [0.15, 0.2) is 0 Å². The van der Waals surface area contributed by atoms with Crippen molar-refractivity contribution in [3.63, 3.8) is 0 Å². The molecule has 1 aromatic rings. The van der Waals surface area contributed by atoms with E-state index in [0.29, 0.717) is 0 Å². The summed E-state index contributed by atoms with van der Waals surface area (Å²) in [4.78, 5) is 0.109. The van der Waals surface area contributed by atoms with Crippen molar-refractivity contribution in [3.8, 4) is 0 Å². The van der Waals surface area contributed by atoms with Crippen LogP contribution in [-0.2, 0) is 14.4 Å². The van der Waals surface area contributed by atoms with Crippen molar-refractivity contribution in [1.82, 2.24) is 0 Å². The highest BCUT2D eigenvalue weighted by Crippen LogP contribution is 2.18. The van der Waals surface area contributed by atoms with Crippen LogP contribution >= 0.6 is 0 Å². The van der Waals surface area contributed by atoms with Gasteiger partial charge in [0.25, 0.3) is 0 Å². The normalized spacial score (nSPS) is 17.3. The molecule has 1 aromatic carbocycles. The summed E-state index contributed by atoms with van der Waals surface area (Å²) < 4.78 is 28.6. The second-order valence-electron chi connectivity index (χ2n) is 6.75. The molecule has 0 radical (unpaired) electrons. The highest BCUT2D eigenvalue weighted by molar-refractivity contribution is 7.86. The summed E-state index contributed by atoms with van der Waals surface area (Å²) in [7, 11) is -3.81. The molecule has 2 aliphatic carbocycles. The van der Waals surface area contributed by atoms with Crippen molar-refractivity contribution in [3.05, 3.63) is 36.4 Å². The van der Waals surface area contributed by atoms with Crippen molar-refractivity contribution in [2.75, 3.05) is 0 Å². The van der Waals surface area contributed by atoms with Gasteiger partial charge in [0.2, 0.25) is 0 Å². The standard InChI is InChI=1S/C14H17NO3S.C6H11NO/c1-2-12-8-10-14(11-9-12)19(16,17)18-15-13-6-4-3-5-7-13;8-7-6-4-2-1-3-5-6/h2,8-11H,1,3-7H2;8H,1-5H2. The summed E-state index contributed by atoms with van der Waals surface area (Å²) in [6, 6.07) is 6.34. The summed E-state index contributed by atoms with van der Waals surface area (Å²) in [5, 5.41) is 15.2. The van der Waals surface area contributed by atoms with Gasteiger partial charge in [0.1, 0.15) is 4.90 Å². The Balaban J connectivity index is 0.000000273. The summed E-state index contributed by atoms with van der Waals surface area (Å²) in [6.45, 7) is 3.62. The molecule has 1 N–H and O–H groups in total. The van der Waals surface area contributed by atoms with E-state index in [1.165, 1.54) is 37.8 Å². The highest BCUT2D eigenvalue weighted by atomic mass is 32.2. The average molecular weight is 393 g/mol. The number of benzene rings is 1. The topological polar surface area (TPSA) is 88.3 Å². The van der Waals surface area contributed by atoms with Gasteiger partial charge >= 0.3 is 10.1 Å². The zero-order chi connectivity index (χ0) is 19.5. The maximum absolute atomic E-state index is 11.9. The molecule has 0 aliphatic heterocycles. The quantitative estimate of drug-likeness (QED) is 0.568. The van der Waals surface area contributed by atoms with Gasteiger partial charge in [-0.1, -0.05) is 47.9 Å². The van der Waals surface area contributed by atoms with Gasteiger partial charge in [-0.3, -0.25) is 4.28 Å². The molecule has 0 unspecified atom stereocenters. The highest BCUT2D eigenvalue weighted by Gasteiger charge is 2.16. The molecular weight excluding hydrogens is 364 g/mol. The Kier molecular flexibility index (Phi) is 8.51. The molecule has 3 rings (SSSR count). The van der Waals surface area contributed by atoms with Crippen LogP contribution in [0.3, 0.4) is 0 Å². The number of nitrogens with zero attached hydrogens (tertiary/aromatic N) is 2. The molecule has 0 amide bonds. The van der Waals surface area contributed by atoms with Gasteiger partial charge in [0, 0.05) is 0 Å². The molecule has 0 atom stereocenters. The van der Waals surface area contributed by atoms with Gasteiger partial charge in [-0.05, 0) is 69.1 Å². The molecule has 2 aliphatic rings. The fourth-order valence-electron chi connectivity index (χ4n) is 3.03. The second kappa shape index (κ2) is 10.9. The van der Waals surface area contributed by atoms with Gasteiger partial charge in [-0.25, -0.2) is 0 Å². The van der Waals surface area contributed by atoms with Crippen molar-refractivity contribution in [2.24, 2.45) is 10.3 Å². The van der Waals surface area contributed by atoms with Gasteiger partial charge in [-0.15, -0.1) is 0 Å². The molecule has 0 bridgehead atoms. The van der Waals surface area contributed by atoms with E-state index in [4.69, 9.17) is 9.49 Å². The Hall–Kier alpha value is -2.15. The number of hydrogen-bond acceptors (Lipinski definition) is 6. The average Bonchev–Trinajstić information content (AvgIpc) is 2.74. The molecule has 0 aromatic heterocycles. The molecule has 2 fully saturated rings. The van der Waals surface area contributed by atoms with E-state index in [2.05, 4.69) is 16.9 Å². The first kappa shape index (κ1) is 21.2. The summed E-state index contributed by atoms with van der Waals surface area (Å²) in [5.74, 6) is 0. The first-order chi connectivity index (χ1) is 13.0. The first-order valence-corrected chi connectivity index (χ1v) is 10.9. The number of oxime groups is 2. The van der Waals surface area contributed by atoms with Crippen molar-refractivity contribution >= 4 is 27.6 Å². The van der Waals surface area contributed by atoms with Crippen LogP contribution in [0.25, 0.3) is 6.08 Å². The van der Waals surface area contributed by atoms with Crippen LogP contribution in [0.15, 0.2) is 46.1 Å². The monoisotopic (exact) mass is 392 g/mol. The largest absolute Gasteiger partial charge is 0.411 e. The van der Waals surface area contributed by atoms with E-state index in [9.17, 15) is 8.42 Å². The third-order valence-electron chi connectivity index (χ3n) is 4.67. The van der Waals surface area contributed by atoms with Crippen LogP contribution in [0.5, 0.6) is 0 Å². The predicted octanol–water partition coefficient (Wildman–Crippen LogP) is 5.14. The Labute approximate surface area is 161 Å². The molecule has 2 saturated carbocycles. The maximum Gasteiger partial charge on any atom is 0.358 e. The lowest BCUT2D eigenvalue weighted by Gasteiger charge is -2.11. The van der Waals surface area contributed by atoms with Crippen LogP contribution in [-0.4, -0.2) is 25.0 Å². The first-order valence-electron chi connectivity index (χ1n) is 9.47. The lowest BCUT2D eigenvalue weighted by molar-refractivity contribution is 0.314. The van der Waals surface area contributed by atoms with E-state index in [-0.39, 0.29) is 4.90 Å². The number of rotatable bonds is 4. The van der Waals surface area contributed by atoms with Crippen LogP contribution in [0, 0.1) is 0 Å². The lowest BCUT2D eigenvalue weighted by atomic mass is 9.99. The molecule has 0 saturated heterocycles. The summed E-state index contributed by atoms with van der Waals surface area (Å²) in [5.41, 5.74) is 2.67. The molecule has 148 valence electrons. The van der Waals surface area contributed by atoms with Crippen molar-refractivity contribution in [1.29, 1.82) is 0 Å². The molecule has 0 spiro atoms.